The van der Waals surface area contributed by atoms with Crippen LogP contribution in [0.2, 0.25) is 15.1 Å². The molecule has 0 saturated carbocycles. The van der Waals surface area contributed by atoms with Gasteiger partial charge >= 0.3 is 0 Å². The molecule has 0 radical (unpaired) electrons. The Bertz CT molecular complexity index is 677. The van der Waals surface area contributed by atoms with E-state index in [0.717, 1.165) is 9.79 Å². The zero-order valence-corrected chi connectivity index (χ0v) is 13.1. The van der Waals surface area contributed by atoms with Gasteiger partial charge in [0, 0.05) is 20.4 Å². The van der Waals surface area contributed by atoms with E-state index in [1.807, 2.05) is 0 Å². The van der Waals surface area contributed by atoms with Crippen LogP contribution in [0.15, 0.2) is 51.3 Å². The molecule has 0 unspecified atom stereocenters. The van der Waals surface area contributed by atoms with Crippen LogP contribution < -0.4 is 5.73 Å². The zero-order valence-electron chi connectivity index (χ0n) is 9.98. The van der Waals surface area contributed by atoms with Crippen LogP contribution in [0.1, 0.15) is 5.56 Å². The highest BCUT2D eigenvalue weighted by atomic mass is 35.5. The van der Waals surface area contributed by atoms with Gasteiger partial charge in [0.2, 0.25) is 0 Å². The Hall–Kier alpha value is -1.07. The first-order chi connectivity index (χ1) is 9.51. The minimum Gasteiger partial charge on any atom is -0.409 e. The van der Waals surface area contributed by atoms with Gasteiger partial charge in [0.15, 0.2) is 5.84 Å². The van der Waals surface area contributed by atoms with Crippen molar-refractivity contribution in [2.75, 3.05) is 0 Å². The van der Waals surface area contributed by atoms with E-state index in [1.165, 1.54) is 11.8 Å². The number of halogens is 3. The maximum atomic E-state index is 8.63. The lowest BCUT2D eigenvalue weighted by Crippen LogP contribution is -2.12. The average molecular weight is 348 g/mol. The molecule has 0 amide bonds. The molecule has 0 aliphatic rings. The molecule has 0 aromatic heterocycles. The maximum absolute atomic E-state index is 8.63. The standard InChI is InChI=1S/C13H9Cl3N2OS/c14-8-2-3-9(15)12(6-8)20-11-4-1-7(5-10(11)16)13(17)18-19/h1-6,19H,(H2,17,18). The highest BCUT2D eigenvalue weighted by Crippen LogP contribution is 2.38. The molecule has 2 aromatic carbocycles. The van der Waals surface area contributed by atoms with Crippen molar-refractivity contribution in [1.29, 1.82) is 0 Å². The van der Waals surface area contributed by atoms with Crippen molar-refractivity contribution in [3.63, 3.8) is 0 Å². The molecule has 0 fully saturated rings. The normalized spacial score (nSPS) is 11.7. The maximum Gasteiger partial charge on any atom is 0.170 e. The predicted octanol–water partition coefficient (Wildman–Crippen LogP) is 4.89. The molecule has 20 heavy (non-hydrogen) atoms. The highest BCUT2D eigenvalue weighted by molar-refractivity contribution is 7.99. The minimum absolute atomic E-state index is 0.00392. The van der Waals surface area contributed by atoms with Gasteiger partial charge in [-0.15, -0.1) is 0 Å². The Kier molecular flexibility index (Phi) is 5.05. The molecule has 3 nitrogen and oxygen atoms in total. The molecule has 0 saturated heterocycles. The van der Waals surface area contributed by atoms with E-state index in [4.69, 9.17) is 45.7 Å². The first kappa shape index (κ1) is 15.3. The number of hydrogen-bond donors (Lipinski definition) is 2. The highest BCUT2D eigenvalue weighted by Gasteiger charge is 2.09. The molecular formula is C13H9Cl3N2OS. The Morgan fingerprint density at radius 3 is 2.40 bits per heavy atom. The van der Waals surface area contributed by atoms with Crippen LogP contribution in [0.25, 0.3) is 0 Å². The Balaban J connectivity index is 2.33. The fourth-order valence-corrected chi connectivity index (χ4v) is 3.12. The van der Waals surface area contributed by atoms with Crippen molar-refractivity contribution in [3.05, 3.63) is 57.0 Å². The molecular weight excluding hydrogens is 339 g/mol. The quantitative estimate of drug-likeness (QED) is 0.359. The lowest BCUT2D eigenvalue weighted by molar-refractivity contribution is 0.318. The van der Waals surface area contributed by atoms with Crippen molar-refractivity contribution in [1.82, 2.24) is 0 Å². The summed E-state index contributed by atoms with van der Waals surface area (Å²) in [5, 5.41) is 13.2. The molecule has 3 N–H and O–H groups in total. The second-order valence-electron chi connectivity index (χ2n) is 3.81. The van der Waals surface area contributed by atoms with Crippen LogP contribution in [-0.2, 0) is 0 Å². The molecule has 0 bridgehead atoms. The first-order valence-corrected chi connectivity index (χ1v) is 7.36. The predicted molar refractivity (Wildman–Crippen MR) is 84.5 cm³/mol. The molecule has 0 spiro atoms. The van der Waals surface area contributed by atoms with E-state index in [0.29, 0.717) is 20.6 Å². The van der Waals surface area contributed by atoms with Gasteiger partial charge < -0.3 is 10.9 Å². The van der Waals surface area contributed by atoms with E-state index < -0.39 is 0 Å². The summed E-state index contributed by atoms with van der Waals surface area (Å²) in [6.45, 7) is 0. The van der Waals surface area contributed by atoms with Crippen LogP contribution in [0.3, 0.4) is 0 Å². The van der Waals surface area contributed by atoms with Gasteiger partial charge in [0.05, 0.1) is 10.0 Å². The summed E-state index contributed by atoms with van der Waals surface area (Å²) in [5.41, 5.74) is 6.05. The van der Waals surface area contributed by atoms with E-state index in [2.05, 4.69) is 5.16 Å². The number of benzene rings is 2. The third-order valence-electron chi connectivity index (χ3n) is 2.45. The van der Waals surface area contributed by atoms with Crippen LogP contribution in [0.4, 0.5) is 0 Å². The van der Waals surface area contributed by atoms with Crippen LogP contribution >= 0.6 is 46.6 Å². The Morgan fingerprint density at radius 1 is 1.00 bits per heavy atom. The Morgan fingerprint density at radius 2 is 1.75 bits per heavy atom. The number of nitrogens with zero attached hydrogens (tertiary/aromatic N) is 1. The largest absolute Gasteiger partial charge is 0.409 e. The summed E-state index contributed by atoms with van der Waals surface area (Å²) >= 11 is 19.6. The number of nitrogens with two attached hydrogens (primary N) is 1. The van der Waals surface area contributed by atoms with Gasteiger partial charge in [-0.1, -0.05) is 51.7 Å². The van der Waals surface area contributed by atoms with Gasteiger partial charge in [-0.2, -0.15) is 0 Å². The molecule has 104 valence electrons. The van der Waals surface area contributed by atoms with Crippen LogP contribution in [-0.4, -0.2) is 11.0 Å². The van der Waals surface area contributed by atoms with Gasteiger partial charge in [-0.05, 0) is 36.4 Å². The zero-order chi connectivity index (χ0) is 14.7. The van der Waals surface area contributed by atoms with Gasteiger partial charge in [0.25, 0.3) is 0 Å². The third-order valence-corrected chi connectivity index (χ3v) is 4.68. The molecule has 0 aliphatic carbocycles. The smallest absolute Gasteiger partial charge is 0.170 e. The topological polar surface area (TPSA) is 58.6 Å². The minimum atomic E-state index is 0.00392. The molecule has 2 rings (SSSR count). The fourth-order valence-electron chi connectivity index (χ4n) is 1.47. The number of hydrogen-bond acceptors (Lipinski definition) is 3. The van der Waals surface area contributed by atoms with Crippen molar-refractivity contribution >= 4 is 52.4 Å². The van der Waals surface area contributed by atoms with Crippen molar-refractivity contribution in [2.24, 2.45) is 10.9 Å². The molecule has 2 aromatic rings. The number of rotatable bonds is 3. The molecule has 0 heterocycles. The third kappa shape index (κ3) is 3.52. The molecule has 0 aliphatic heterocycles. The van der Waals surface area contributed by atoms with E-state index in [-0.39, 0.29) is 5.84 Å². The lowest BCUT2D eigenvalue weighted by Gasteiger charge is -2.08. The lowest BCUT2D eigenvalue weighted by atomic mass is 10.2. The summed E-state index contributed by atoms with van der Waals surface area (Å²) in [6, 6.07) is 10.3. The average Bonchev–Trinajstić information content (AvgIpc) is 2.44. The Labute approximate surface area is 135 Å². The van der Waals surface area contributed by atoms with E-state index in [9.17, 15) is 0 Å². The van der Waals surface area contributed by atoms with E-state index >= 15 is 0 Å². The second-order valence-corrected chi connectivity index (χ2v) is 6.14. The summed E-state index contributed by atoms with van der Waals surface area (Å²) in [4.78, 5) is 1.60. The summed E-state index contributed by atoms with van der Waals surface area (Å²) < 4.78 is 0. The first-order valence-electron chi connectivity index (χ1n) is 5.41. The summed E-state index contributed by atoms with van der Waals surface area (Å²) in [6.07, 6.45) is 0. The number of oxime groups is 1. The molecule has 7 heteroatoms. The SMILES string of the molecule is NC(=NO)c1ccc(Sc2cc(Cl)ccc2Cl)c(Cl)c1. The van der Waals surface area contributed by atoms with E-state index in [1.54, 1.807) is 36.4 Å². The number of amidine groups is 1. The van der Waals surface area contributed by atoms with Gasteiger partial charge in [0.1, 0.15) is 0 Å². The van der Waals surface area contributed by atoms with Crippen LogP contribution in [0.5, 0.6) is 0 Å². The summed E-state index contributed by atoms with van der Waals surface area (Å²) in [5.74, 6) is 0.00392. The van der Waals surface area contributed by atoms with Crippen molar-refractivity contribution in [3.8, 4) is 0 Å². The van der Waals surface area contributed by atoms with Gasteiger partial charge in [-0.25, -0.2) is 0 Å². The molecule has 0 atom stereocenters. The summed E-state index contributed by atoms with van der Waals surface area (Å²) in [7, 11) is 0. The van der Waals surface area contributed by atoms with Crippen molar-refractivity contribution < 1.29 is 5.21 Å². The van der Waals surface area contributed by atoms with Gasteiger partial charge in [-0.3, -0.25) is 0 Å². The monoisotopic (exact) mass is 346 g/mol. The van der Waals surface area contributed by atoms with Crippen LogP contribution in [0, 0.1) is 0 Å². The van der Waals surface area contributed by atoms with Crippen molar-refractivity contribution in [2.45, 2.75) is 9.79 Å². The fraction of sp³-hybridized carbons (Fsp3) is 0. The second kappa shape index (κ2) is 6.59.